The van der Waals surface area contributed by atoms with Gasteiger partial charge in [-0.15, -0.1) is 0 Å². The number of fused-ring (bicyclic) bond motifs is 1. The van der Waals surface area contributed by atoms with Gasteiger partial charge in [0.25, 0.3) is 0 Å². The average Bonchev–Trinajstić information content (AvgIpc) is 2.47. The normalized spacial score (nSPS) is 29.9. The highest BCUT2D eigenvalue weighted by Gasteiger charge is 2.47. The summed E-state index contributed by atoms with van der Waals surface area (Å²) >= 11 is 5.19. The van der Waals surface area contributed by atoms with Gasteiger partial charge in [-0.1, -0.05) is 38.9 Å². The van der Waals surface area contributed by atoms with E-state index in [0.29, 0.717) is 37.3 Å². The van der Waals surface area contributed by atoms with E-state index in [1.807, 2.05) is 18.7 Å². The van der Waals surface area contributed by atoms with Crippen LogP contribution in [0.15, 0.2) is 0 Å². The summed E-state index contributed by atoms with van der Waals surface area (Å²) in [6.45, 7) is 5.22. The number of thiocarbonyl (C=S) groups is 1. The predicted molar refractivity (Wildman–Crippen MR) is 87.9 cm³/mol. The van der Waals surface area contributed by atoms with E-state index in [0.717, 1.165) is 25.7 Å². The molecule has 1 saturated heterocycles. The molecule has 5 heteroatoms. The highest BCUT2D eigenvalue weighted by Crippen LogP contribution is 2.41. The topological polar surface area (TPSA) is 66.6 Å². The van der Waals surface area contributed by atoms with Gasteiger partial charge < -0.3 is 15.7 Å². The summed E-state index contributed by atoms with van der Waals surface area (Å²) in [5.41, 5.74) is 4.63. The molecule has 0 radical (unpaired) electrons. The highest BCUT2D eigenvalue weighted by atomic mass is 32.1. The van der Waals surface area contributed by atoms with Crippen molar-refractivity contribution in [3.63, 3.8) is 0 Å². The third kappa shape index (κ3) is 2.82. The largest absolute Gasteiger partial charge is 0.392 e. The van der Waals surface area contributed by atoms with E-state index in [2.05, 4.69) is 0 Å². The van der Waals surface area contributed by atoms with Crippen LogP contribution in [0.4, 0.5) is 0 Å². The highest BCUT2D eigenvalue weighted by molar-refractivity contribution is 7.80. The first-order valence-electron chi connectivity index (χ1n) is 8.21. The van der Waals surface area contributed by atoms with Gasteiger partial charge in [0, 0.05) is 19.0 Å². The zero-order valence-corrected chi connectivity index (χ0v) is 14.0. The van der Waals surface area contributed by atoms with Crippen LogP contribution in [-0.4, -0.2) is 39.6 Å². The molecule has 2 atom stereocenters. The molecule has 2 fully saturated rings. The van der Waals surface area contributed by atoms with Gasteiger partial charge in [0.1, 0.15) is 0 Å². The first-order valence-corrected chi connectivity index (χ1v) is 8.62. The second-order valence-corrected chi connectivity index (χ2v) is 7.14. The van der Waals surface area contributed by atoms with Gasteiger partial charge in [-0.3, -0.25) is 4.79 Å². The summed E-state index contributed by atoms with van der Waals surface area (Å²) in [6.07, 6.45) is 6.11. The molecule has 1 aliphatic heterocycles. The zero-order chi connectivity index (χ0) is 15.7. The van der Waals surface area contributed by atoms with Crippen LogP contribution in [0.3, 0.4) is 0 Å². The summed E-state index contributed by atoms with van der Waals surface area (Å²) in [6, 6.07) is 0. The van der Waals surface area contributed by atoms with E-state index in [4.69, 9.17) is 18.0 Å². The van der Waals surface area contributed by atoms with Crippen LogP contribution >= 0.6 is 12.2 Å². The average molecular weight is 312 g/mol. The standard InChI is InChI=1S/C16H28N2O2S/c1-3-15(4-2,13(17)21)14(19)18-10-9-16(20)8-6-5-7-12(16)11-18/h12,20H,3-11H2,1-2H3,(H2,17,21). The van der Waals surface area contributed by atoms with Crippen molar-refractivity contribution < 1.29 is 9.90 Å². The number of amides is 1. The Morgan fingerprint density at radius 3 is 2.62 bits per heavy atom. The van der Waals surface area contributed by atoms with E-state index in [1.165, 1.54) is 0 Å². The molecule has 2 aliphatic rings. The third-order valence-electron chi connectivity index (χ3n) is 5.80. The number of aliphatic hydroxyl groups is 1. The maximum absolute atomic E-state index is 13.0. The fourth-order valence-electron chi connectivity index (χ4n) is 4.06. The summed E-state index contributed by atoms with van der Waals surface area (Å²) < 4.78 is 0. The van der Waals surface area contributed by atoms with Crippen LogP contribution in [0.1, 0.15) is 58.8 Å². The van der Waals surface area contributed by atoms with Crippen molar-refractivity contribution in [1.29, 1.82) is 0 Å². The molecule has 2 rings (SSSR count). The Morgan fingerprint density at radius 2 is 2.05 bits per heavy atom. The lowest BCUT2D eigenvalue weighted by Crippen LogP contribution is -2.58. The summed E-state index contributed by atoms with van der Waals surface area (Å²) in [5, 5.41) is 10.7. The lowest BCUT2D eigenvalue weighted by atomic mass is 9.70. The maximum Gasteiger partial charge on any atom is 0.235 e. The van der Waals surface area contributed by atoms with Gasteiger partial charge >= 0.3 is 0 Å². The zero-order valence-electron chi connectivity index (χ0n) is 13.2. The van der Waals surface area contributed by atoms with E-state index < -0.39 is 11.0 Å². The van der Waals surface area contributed by atoms with Crippen molar-refractivity contribution in [2.24, 2.45) is 17.1 Å². The number of rotatable bonds is 4. The molecule has 0 spiro atoms. The fourth-order valence-corrected chi connectivity index (χ4v) is 4.44. The van der Waals surface area contributed by atoms with Crippen molar-refractivity contribution in [2.45, 2.75) is 64.4 Å². The predicted octanol–water partition coefficient (Wildman–Crippen LogP) is 2.23. The van der Waals surface area contributed by atoms with Crippen LogP contribution in [-0.2, 0) is 4.79 Å². The lowest BCUT2D eigenvalue weighted by Gasteiger charge is -2.49. The third-order valence-corrected chi connectivity index (χ3v) is 6.19. The Kier molecular flexibility index (Phi) is 4.93. The molecule has 120 valence electrons. The van der Waals surface area contributed by atoms with Crippen molar-refractivity contribution in [3.05, 3.63) is 0 Å². The number of likely N-dealkylation sites (tertiary alicyclic amines) is 1. The molecule has 1 aliphatic carbocycles. The van der Waals surface area contributed by atoms with E-state index in [-0.39, 0.29) is 11.8 Å². The number of hydrogen-bond donors (Lipinski definition) is 2. The Morgan fingerprint density at radius 1 is 1.38 bits per heavy atom. The Bertz CT molecular complexity index is 423. The molecule has 0 aromatic rings. The molecule has 0 aromatic carbocycles. The second-order valence-electron chi connectivity index (χ2n) is 6.70. The van der Waals surface area contributed by atoms with Crippen LogP contribution in [0, 0.1) is 11.3 Å². The molecular weight excluding hydrogens is 284 g/mol. The number of piperidine rings is 1. The Balaban J connectivity index is 2.15. The number of carbonyl (C=O) groups excluding carboxylic acids is 1. The first-order chi connectivity index (χ1) is 9.89. The SMILES string of the molecule is CCC(CC)(C(=O)N1CCC2(O)CCCCC2C1)C(N)=S. The minimum Gasteiger partial charge on any atom is -0.392 e. The van der Waals surface area contributed by atoms with Crippen LogP contribution < -0.4 is 5.73 Å². The number of carbonyl (C=O) groups is 1. The minimum absolute atomic E-state index is 0.0626. The lowest BCUT2D eigenvalue weighted by molar-refractivity contribution is -0.150. The van der Waals surface area contributed by atoms with E-state index >= 15 is 0 Å². The molecule has 1 amide bonds. The smallest absolute Gasteiger partial charge is 0.235 e. The molecular formula is C16H28N2O2S. The molecule has 1 heterocycles. The van der Waals surface area contributed by atoms with Gasteiger partial charge in [-0.05, 0) is 32.1 Å². The van der Waals surface area contributed by atoms with Crippen LogP contribution in [0.5, 0.6) is 0 Å². The van der Waals surface area contributed by atoms with Gasteiger partial charge in [0.15, 0.2) is 0 Å². The fraction of sp³-hybridized carbons (Fsp3) is 0.875. The van der Waals surface area contributed by atoms with Gasteiger partial charge in [0.2, 0.25) is 5.91 Å². The number of nitrogens with two attached hydrogens (primary N) is 1. The minimum atomic E-state index is -0.709. The molecule has 1 saturated carbocycles. The summed E-state index contributed by atoms with van der Waals surface area (Å²) in [5.74, 6) is 0.273. The number of hydrogen-bond acceptors (Lipinski definition) is 3. The van der Waals surface area contributed by atoms with E-state index in [1.54, 1.807) is 0 Å². The Labute approximate surface area is 133 Å². The quantitative estimate of drug-likeness (QED) is 0.781. The summed E-state index contributed by atoms with van der Waals surface area (Å²) in [7, 11) is 0. The van der Waals surface area contributed by atoms with Crippen molar-refractivity contribution >= 4 is 23.1 Å². The van der Waals surface area contributed by atoms with E-state index in [9.17, 15) is 9.90 Å². The van der Waals surface area contributed by atoms with Gasteiger partial charge in [0.05, 0.1) is 16.0 Å². The van der Waals surface area contributed by atoms with Crippen molar-refractivity contribution in [1.82, 2.24) is 4.90 Å². The molecule has 4 nitrogen and oxygen atoms in total. The second kappa shape index (κ2) is 6.21. The molecule has 0 bridgehead atoms. The summed E-state index contributed by atoms with van der Waals surface area (Å²) in [4.78, 5) is 15.2. The molecule has 0 aromatic heterocycles. The molecule has 3 N–H and O–H groups in total. The van der Waals surface area contributed by atoms with Crippen molar-refractivity contribution in [3.8, 4) is 0 Å². The Hall–Kier alpha value is -0.680. The van der Waals surface area contributed by atoms with Crippen LogP contribution in [0.2, 0.25) is 0 Å². The maximum atomic E-state index is 13.0. The molecule has 2 unspecified atom stereocenters. The number of nitrogens with zero attached hydrogens (tertiary/aromatic N) is 1. The van der Waals surface area contributed by atoms with Gasteiger partial charge in [-0.25, -0.2) is 0 Å². The van der Waals surface area contributed by atoms with Crippen molar-refractivity contribution in [2.75, 3.05) is 13.1 Å². The first kappa shape index (κ1) is 16.7. The van der Waals surface area contributed by atoms with Gasteiger partial charge in [-0.2, -0.15) is 0 Å². The molecule has 21 heavy (non-hydrogen) atoms. The monoisotopic (exact) mass is 312 g/mol. The van der Waals surface area contributed by atoms with Crippen LogP contribution in [0.25, 0.3) is 0 Å².